The molecule has 23 heavy (non-hydrogen) atoms. The average molecular weight is 352 g/mol. The fourth-order valence-electron chi connectivity index (χ4n) is 2.42. The third-order valence-corrected chi connectivity index (χ3v) is 8.05. The van der Waals surface area contributed by atoms with Gasteiger partial charge in [0, 0.05) is 6.20 Å². The van der Waals surface area contributed by atoms with E-state index in [4.69, 9.17) is 10.1 Å². The second kappa shape index (κ2) is 6.20. The Bertz CT molecular complexity index is 735. The van der Waals surface area contributed by atoms with Crippen LogP contribution in [-0.2, 0) is 5.54 Å². The van der Waals surface area contributed by atoms with Gasteiger partial charge in [0.05, 0.1) is 19.1 Å². The van der Waals surface area contributed by atoms with Crippen molar-refractivity contribution in [1.29, 1.82) is 0 Å². The van der Waals surface area contributed by atoms with E-state index in [9.17, 15) is 4.79 Å². The Balaban J connectivity index is 2.55. The van der Waals surface area contributed by atoms with Gasteiger partial charge in [-0.25, -0.2) is 9.78 Å². The maximum atomic E-state index is 11.1. The average Bonchev–Trinajstić information content (AvgIpc) is 2.75. The van der Waals surface area contributed by atoms with Crippen molar-refractivity contribution in [2.75, 3.05) is 5.38 Å². The van der Waals surface area contributed by atoms with Crippen molar-refractivity contribution in [3.63, 3.8) is 0 Å². The van der Waals surface area contributed by atoms with E-state index < -0.39 is 19.7 Å². The SMILES string of the molecule is Cc1cccn2c(C(C)(C)NC(=O)O)nc(SC[Si](C)(C)C)c12. The van der Waals surface area contributed by atoms with Crippen LogP contribution >= 0.6 is 11.8 Å². The number of carbonyl (C=O) groups is 1. The van der Waals surface area contributed by atoms with Gasteiger partial charge in [-0.05, 0) is 37.8 Å². The molecule has 0 saturated carbocycles. The molecule has 5 nitrogen and oxygen atoms in total. The van der Waals surface area contributed by atoms with Gasteiger partial charge in [0.15, 0.2) is 0 Å². The molecule has 2 heterocycles. The molecule has 2 aromatic heterocycles. The van der Waals surface area contributed by atoms with Gasteiger partial charge in [-0.2, -0.15) is 0 Å². The van der Waals surface area contributed by atoms with Gasteiger partial charge in [0.2, 0.25) is 0 Å². The highest BCUT2D eigenvalue weighted by molar-refractivity contribution is 8.01. The highest BCUT2D eigenvalue weighted by Crippen LogP contribution is 2.32. The molecule has 0 aromatic carbocycles. The van der Waals surface area contributed by atoms with Gasteiger partial charge in [-0.1, -0.05) is 25.7 Å². The molecule has 2 N–H and O–H groups in total. The molecule has 0 unspecified atom stereocenters. The fraction of sp³-hybridized carbons (Fsp3) is 0.500. The number of nitrogens with zero attached hydrogens (tertiary/aromatic N) is 2. The minimum atomic E-state index is -1.20. The van der Waals surface area contributed by atoms with E-state index in [2.05, 4.69) is 37.9 Å². The molecule has 0 spiro atoms. The Hall–Kier alpha value is -1.47. The number of nitrogens with one attached hydrogen (secondary N) is 1. The minimum Gasteiger partial charge on any atom is -0.465 e. The molecule has 2 rings (SSSR count). The summed E-state index contributed by atoms with van der Waals surface area (Å²) >= 11 is 1.78. The van der Waals surface area contributed by atoms with Crippen molar-refractivity contribution in [2.45, 2.75) is 51.0 Å². The second-order valence-electron chi connectivity index (χ2n) is 7.55. The predicted molar refractivity (Wildman–Crippen MR) is 98.2 cm³/mol. The smallest absolute Gasteiger partial charge is 0.405 e. The van der Waals surface area contributed by atoms with Crippen LogP contribution in [0, 0.1) is 6.92 Å². The van der Waals surface area contributed by atoms with Crippen molar-refractivity contribution in [3.05, 3.63) is 29.7 Å². The molecule has 0 aliphatic rings. The lowest BCUT2D eigenvalue weighted by Gasteiger charge is -2.23. The zero-order valence-corrected chi connectivity index (χ0v) is 16.4. The van der Waals surface area contributed by atoms with E-state index in [-0.39, 0.29) is 0 Å². The highest BCUT2D eigenvalue weighted by Gasteiger charge is 2.30. The van der Waals surface area contributed by atoms with Crippen LogP contribution in [0.5, 0.6) is 0 Å². The Morgan fingerprint density at radius 1 is 1.43 bits per heavy atom. The van der Waals surface area contributed by atoms with Crippen molar-refractivity contribution in [1.82, 2.24) is 14.7 Å². The van der Waals surface area contributed by atoms with Crippen LogP contribution in [0.3, 0.4) is 0 Å². The largest absolute Gasteiger partial charge is 0.465 e. The first kappa shape index (κ1) is 17.9. The number of imidazole rings is 1. The van der Waals surface area contributed by atoms with E-state index >= 15 is 0 Å². The topological polar surface area (TPSA) is 66.6 Å². The molecule has 0 fully saturated rings. The first-order chi connectivity index (χ1) is 10.5. The normalized spacial score (nSPS) is 12.6. The maximum Gasteiger partial charge on any atom is 0.405 e. The van der Waals surface area contributed by atoms with Crippen LogP contribution < -0.4 is 5.32 Å². The number of thioether (sulfide) groups is 1. The van der Waals surface area contributed by atoms with Crippen LogP contribution in [-0.4, -0.2) is 34.0 Å². The third-order valence-electron chi connectivity index (χ3n) is 3.45. The van der Waals surface area contributed by atoms with Crippen molar-refractivity contribution >= 4 is 31.4 Å². The first-order valence-electron chi connectivity index (χ1n) is 7.63. The number of carboxylic acid groups (broad SMARTS) is 1. The maximum absolute atomic E-state index is 11.1. The Labute approximate surface area is 142 Å². The van der Waals surface area contributed by atoms with Crippen LogP contribution in [0.2, 0.25) is 19.6 Å². The van der Waals surface area contributed by atoms with Gasteiger partial charge in [0.25, 0.3) is 0 Å². The molecular formula is C16H25N3O2SSi. The molecular weight excluding hydrogens is 326 g/mol. The van der Waals surface area contributed by atoms with Gasteiger partial charge in [-0.15, -0.1) is 11.8 Å². The summed E-state index contributed by atoms with van der Waals surface area (Å²) in [5.41, 5.74) is 1.46. The quantitative estimate of drug-likeness (QED) is 0.628. The zero-order chi connectivity index (χ0) is 17.4. The molecule has 1 amide bonds. The van der Waals surface area contributed by atoms with Gasteiger partial charge in [0.1, 0.15) is 10.9 Å². The molecule has 0 saturated heterocycles. The summed E-state index contributed by atoms with van der Waals surface area (Å²) in [6.45, 7) is 12.7. The Kier molecular flexibility index (Phi) is 4.82. The molecule has 0 aliphatic heterocycles. The van der Waals surface area contributed by atoms with E-state index in [1.54, 1.807) is 11.8 Å². The first-order valence-corrected chi connectivity index (χ1v) is 12.3. The van der Waals surface area contributed by atoms with Gasteiger partial charge >= 0.3 is 6.09 Å². The minimum absolute atomic E-state index is 0.719. The summed E-state index contributed by atoms with van der Waals surface area (Å²) in [5.74, 6) is 0.719. The fourth-order valence-corrected chi connectivity index (χ4v) is 5.24. The molecule has 2 aromatic rings. The Morgan fingerprint density at radius 3 is 2.65 bits per heavy atom. The summed E-state index contributed by atoms with van der Waals surface area (Å²) in [7, 11) is -1.20. The number of aryl methyl sites for hydroxylation is 1. The van der Waals surface area contributed by atoms with Crippen LogP contribution in [0.25, 0.3) is 5.52 Å². The summed E-state index contributed by atoms with van der Waals surface area (Å²) in [5, 5.41) is 13.7. The highest BCUT2D eigenvalue weighted by atomic mass is 32.2. The van der Waals surface area contributed by atoms with Crippen LogP contribution in [0.15, 0.2) is 23.4 Å². The van der Waals surface area contributed by atoms with Crippen molar-refractivity contribution < 1.29 is 9.90 Å². The number of amides is 1. The van der Waals surface area contributed by atoms with E-state index in [0.29, 0.717) is 0 Å². The third kappa shape index (κ3) is 4.09. The lowest BCUT2D eigenvalue weighted by atomic mass is 10.1. The second-order valence-corrected chi connectivity index (χ2v) is 14.5. The van der Waals surface area contributed by atoms with E-state index in [0.717, 1.165) is 27.3 Å². The summed E-state index contributed by atoms with van der Waals surface area (Å²) in [6.07, 6.45) is 0.907. The molecule has 7 heteroatoms. The van der Waals surface area contributed by atoms with E-state index in [1.165, 1.54) is 0 Å². The molecule has 0 bridgehead atoms. The summed E-state index contributed by atoms with van der Waals surface area (Å²) in [4.78, 5) is 15.9. The van der Waals surface area contributed by atoms with Gasteiger partial charge < -0.3 is 14.8 Å². The van der Waals surface area contributed by atoms with Crippen molar-refractivity contribution in [3.8, 4) is 0 Å². The zero-order valence-electron chi connectivity index (χ0n) is 14.6. The van der Waals surface area contributed by atoms with Crippen LogP contribution in [0.4, 0.5) is 4.79 Å². The number of hydrogen-bond acceptors (Lipinski definition) is 3. The van der Waals surface area contributed by atoms with E-state index in [1.807, 2.05) is 30.5 Å². The van der Waals surface area contributed by atoms with Crippen LogP contribution in [0.1, 0.15) is 25.2 Å². The molecule has 126 valence electrons. The number of pyridine rings is 1. The summed E-state index contributed by atoms with van der Waals surface area (Å²) < 4.78 is 2.01. The van der Waals surface area contributed by atoms with Crippen molar-refractivity contribution in [2.24, 2.45) is 0 Å². The molecule has 0 atom stereocenters. The van der Waals surface area contributed by atoms with Gasteiger partial charge in [-0.3, -0.25) is 0 Å². The molecule has 0 radical (unpaired) electrons. The standard InChI is InChI=1S/C16H25N3O2SSi/c1-11-8-7-9-19-12(11)13(22-10-23(4,5)6)17-14(19)16(2,3)18-15(20)21/h7-9,18H,10H2,1-6H3,(H,20,21). The number of rotatable bonds is 5. The monoisotopic (exact) mass is 351 g/mol. The lowest BCUT2D eigenvalue weighted by molar-refractivity contribution is 0.181. The molecule has 0 aliphatic carbocycles. The number of hydrogen-bond donors (Lipinski definition) is 2. The lowest BCUT2D eigenvalue weighted by Crippen LogP contribution is -2.41. The predicted octanol–water partition coefficient (Wildman–Crippen LogP) is 4.11. The Morgan fingerprint density at radius 2 is 2.09 bits per heavy atom. The number of fused-ring (bicyclic) bond motifs is 1. The summed E-state index contributed by atoms with van der Waals surface area (Å²) in [6, 6.07) is 4.04. The number of aromatic nitrogens is 2.